The number of carbonyl (C=O) groups excluding carboxylic acids is 1. The van der Waals surface area contributed by atoms with E-state index in [1.165, 1.54) is 0 Å². The first kappa shape index (κ1) is 14.9. The quantitative estimate of drug-likeness (QED) is 0.791. The van der Waals surface area contributed by atoms with E-state index < -0.39 is 6.10 Å². The lowest BCUT2D eigenvalue weighted by atomic mass is 10.1. The first-order valence-electron chi connectivity index (χ1n) is 5.79. The Hall–Kier alpha value is -0.460. The second kappa shape index (κ2) is 6.81. The van der Waals surface area contributed by atoms with Gasteiger partial charge < -0.3 is 10.4 Å². The highest BCUT2D eigenvalue weighted by molar-refractivity contribution is 7.99. The van der Waals surface area contributed by atoms with Crippen molar-refractivity contribution in [2.45, 2.75) is 12.1 Å². The molecule has 7 heteroatoms. The molecule has 0 aliphatic carbocycles. The Kier molecular flexibility index (Phi) is 5.36. The molecule has 1 fully saturated rings. The Morgan fingerprint density at radius 2 is 2.16 bits per heavy atom. The second-order valence-corrected chi connectivity index (χ2v) is 6.14. The monoisotopic (exact) mass is 320 g/mol. The van der Waals surface area contributed by atoms with Crippen molar-refractivity contribution in [2.75, 3.05) is 18.2 Å². The predicted octanol–water partition coefficient (Wildman–Crippen LogP) is 1.81. The minimum Gasteiger partial charge on any atom is -0.387 e. The molecular formula is C12H14Cl2N2O2S. The molecule has 1 unspecified atom stereocenters. The van der Waals surface area contributed by atoms with E-state index in [-0.39, 0.29) is 18.5 Å². The van der Waals surface area contributed by atoms with Gasteiger partial charge in [-0.25, -0.2) is 0 Å². The van der Waals surface area contributed by atoms with Crippen LogP contribution >= 0.6 is 35.0 Å². The number of benzene rings is 1. The summed E-state index contributed by atoms with van der Waals surface area (Å²) in [6, 6.07) is 4.68. The van der Waals surface area contributed by atoms with Crippen molar-refractivity contribution in [3.63, 3.8) is 0 Å². The van der Waals surface area contributed by atoms with Crippen LogP contribution in [-0.4, -0.2) is 35.2 Å². The Bertz CT molecular complexity index is 447. The zero-order valence-corrected chi connectivity index (χ0v) is 12.4. The van der Waals surface area contributed by atoms with Crippen molar-refractivity contribution in [2.24, 2.45) is 0 Å². The highest BCUT2D eigenvalue weighted by Crippen LogP contribution is 2.23. The molecule has 1 aromatic carbocycles. The van der Waals surface area contributed by atoms with Crippen LogP contribution in [0.25, 0.3) is 0 Å². The van der Waals surface area contributed by atoms with Crippen molar-refractivity contribution in [1.82, 2.24) is 10.6 Å². The van der Waals surface area contributed by atoms with Gasteiger partial charge in [-0.2, -0.15) is 0 Å². The maximum Gasteiger partial charge on any atom is 0.238 e. The maximum atomic E-state index is 11.8. The van der Waals surface area contributed by atoms with Gasteiger partial charge in [0.1, 0.15) is 0 Å². The van der Waals surface area contributed by atoms with Gasteiger partial charge in [-0.05, 0) is 23.8 Å². The SMILES string of the molecule is O=C(NCC(O)c1cc(Cl)cc(Cl)c1)[C@H]1CSCN1. The van der Waals surface area contributed by atoms with Crippen LogP contribution < -0.4 is 10.6 Å². The van der Waals surface area contributed by atoms with Crippen LogP contribution in [0.2, 0.25) is 10.0 Å². The standard InChI is InChI=1S/C12H14Cl2N2O2S/c13-8-1-7(2-9(14)3-8)11(17)4-15-12(18)10-5-19-6-16-10/h1-3,10-11,16-17H,4-6H2,(H,15,18)/t10-,11?/m1/s1. The third kappa shape index (κ3) is 4.26. The Balaban J connectivity index is 1.89. The number of carbonyl (C=O) groups is 1. The van der Waals surface area contributed by atoms with E-state index in [4.69, 9.17) is 23.2 Å². The van der Waals surface area contributed by atoms with Crippen molar-refractivity contribution in [3.05, 3.63) is 33.8 Å². The predicted molar refractivity (Wildman–Crippen MR) is 78.7 cm³/mol. The van der Waals surface area contributed by atoms with Crippen molar-refractivity contribution in [3.8, 4) is 0 Å². The van der Waals surface area contributed by atoms with E-state index in [1.54, 1.807) is 30.0 Å². The van der Waals surface area contributed by atoms with Crippen LogP contribution in [0.3, 0.4) is 0 Å². The normalized spacial score (nSPS) is 20.3. The smallest absolute Gasteiger partial charge is 0.238 e. The lowest BCUT2D eigenvalue weighted by molar-refractivity contribution is -0.122. The molecule has 4 nitrogen and oxygen atoms in total. The molecule has 1 saturated heterocycles. The van der Waals surface area contributed by atoms with Gasteiger partial charge in [-0.15, -0.1) is 11.8 Å². The number of halogens is 2. The number of aliphatic hydroxyl groups is 1. The highest BCUT2D eigenvalue weighted by Gasteiger charge is 2.22. The minimum atomic E-state index is -0.825. The zero-order valence-electron chi connectivity index (χ0n) is 10.0. The van der Waals surface area contributed by atoms with Gasteiger partial charge in [-0.1, -0.05) is 23.2 Å². The van der Waals surface area contributed by atoms with Gasteiger partial charge >= 0.3 is 0 Å². The fourth-order valence-electron chi connectivity index (χ4n) is 1.77. The molecule has 0 aromatic heterocycles. The summed E-state index contributed by atoms with van der Waals surface area (Å²) >= 11 is 13.4. The Labute approximate surface area is 125 Å². The fourth-order valence-corrected chi connectivity index (χ4v) is 3.25. The Morgan fingerprint density at radius 1 is 1.47 bits per heavy atom. The molecule has 1 heterocycles. The topological polar surface area (TPSA) is 61.4 Å². The summed E-state index contributed by atoms with van der Waals surface area (Å²) in [7, 11) is 0. The van der Waals surface area contributed by atoms with E-state index in [0.717, 1.165) is 11.6 Å². The first-order valence-corrected chi connectivity index (χ1v) is 7.70. The van der Waals surface area contributed by atoms with Gasteiger partial charge in [-0.3, -0.25) is 10.1 Å². The van der Waals surface area contributed by atoms with Crippen LogP contribution in [0.4, 0.5) is 0 Å². The lowest BCUT2D eigenvalue weighted by Crippen LogP contribution is -2.43. The molecule has 0 radical (unpaired) electrons. The van der Waals surface area contributed by atoms with Crippen molar-refractivity contribution >= 4 is 40.9 Å². The molecule has 19 heavy (non-hydrogen) atoms. The molecule has 2 rings (SSSR count). The third-order valence-corrected chi connectivity index (χ3v) is 4.15. The van der Waals surface area contributed by atoms with Crippen molar-refractivity contribution in [1.29, 1.82) is 0 Å². The van der Waals surface area contributed by atoms with Gasteiger partial charge in [0.05, 0.1) is 12.1 Å². The molecule has 1 aliphatic heterocycles. The molecule has 1 aromatic rings. The van der Waals surface area contributed by atoms with Crippen LogP contribution in [0.15, 0.2) is 18.2 Å². The number of amides is 1. The molecule has 0 bridgehead atoms. The molecule has 0 saturated carbocycles. The number of aliphatic hydroxyl groups excluding tert-OH is 1. The summed E-state index contributed by atoms with van der Waals surface area (Å²) in [6.07, 6.45) is -0.825. The lowest BCUT2D eigenvalue weighted by Gasteiger charge is -2.15. The second-order valence-electron chi connectivity index (χ2n) is 4.24. The molecule has 2 atom stereocenters. The highest BCUT2D eigenvalue weighted by atomic mass is 35.5. The maximum absolute atomic E-state index is 11.8. The summed E-state index contributed by atoms with van der Waals surface area (Å²) < 4.78 is 0. The van der Waals surface area contributed by atoms with Crippen LogP contribution in [0.5, 0.6) is 0 Å². The van der Waals surface area contributed by atoms with E-state index >= 15 is 0 Å². The third-order valence-electron chi connectivity index (χ3n) is 2.77. The van der Waals surface area contributed by atoms with E-state index in [9.17, 15) is 9.90 Å². The average Bonchev–Trinajstić information content (AvgIpc) is 2.88. The molecule has 104 valence electrons. The number of rotatable bonds is 4. The van der Waals surface area contributed by atoms with Crippen LogP contribution in [-0.2, 0) is 4.79 Å². The summed E-state index contributed by atoms with van der Waals surface area (Å²) in [5.74, 6) is 1.44. The molecule has 1 aliphatic rings. The Morgan fingerprint density at radius 3 is 2.74 bits per heavy atom. The van der Waals surface area contributed by atoms with E-state index in [1.807, 2.05) is 0 Å². The number of hydrogen-bond acceptors (Lipinski definition) is 4. The molecule has 1 amide bonds. The summed E-state index contributed by atoms with van der Waals surface area (Å²) in [6.45, 7) is 0.137. The van der Waals surface area contributed by atoms with E-state index in [0.29, 0.717) is 15.6 Å². The molecule has 0 spiro atoms. The number of nitrogens with one attached hydrogen (secondary N) is 2. The molecule has 3 N–H and O–H groups in total. The molecular weight excluding hydrogens is 307 g/mol. The summed E-state index contributed by atoms with van der Waals surface area (Å²) in [5, 5.41) is 16.7. The van der Waals surface area contributed by atoms with Crippen molar-refractivity contribution < 1.29 is 9.90 Å². The minimum absolute atomic E-state index is 0.0998. The van der Waals surface area contributed by atoms with Gasteiger partial charge in [0.2, 0.25) is 5.91 Å². The van der Waals surface area contributed by atoms with Crippen LogP contribution in [0.1, 0.15) is 11.7 Å². The number of thioether (sulfide) groups is 1. The summed E-state index contributed by atoms with van der Waals surface area (Å²) in [5.41, 5.74) is 0.589. The summed E-state index contributed by atoms with van der Waals surface area (Å²) in [4.78, 5) is 11.8. The van der Waals surface area contributed by atoms with Gasteiger partial charge in [0.25, 0.3) is 0 Å². The fraction of sp³-hybridized carbons (Fsp3) is 0.417. The first-order chi connectivity index (χ1) is 9.06. The average molecular weight is 321 g/mol. The number of hydrogen-bond donors (Lipinski definition) is 3. The van der Waals surface area contributed by atoms with E-state index in [2.05, 4.69) is 10.6 Å². The zero-order chi connectivity index (χ0) is 13.8. The largest absolute Gasteiger partial charge is 0.387 e. The van der Waals surface area contributed by atoms with Gasteiger partial charge in [0.15, 0.2) is 0 Å². The van der Waals surface area contributed by atoms with Gasteiger partial charge in [0, 0.05) is 28.2 Å². The van der Waals surface area contributed by atoms with Crippen LogP contribution in [0, 0.1) is 0 Å².